The van der Waals surface area contributed by atoms with Crippen molar-refractivity contribution in [1.29, 1.82) is 0 Å². The highest BCUT2D eigenvalue weighted by atomic mass is 35.5. The molecule has 0 spiro atoms. The van der Waals surface area contributed by atoms with Gasteiger partial charge in [0.2, 0.25) is 5.91 Å². The van der Waals surface area contributed by atoms with Crippen LogP contribution in [-0.4, -0.2) is 13.0 Å². The van der Waals surface area contributed by atoms with Gasteiger partial charge in [-0.05, 0) is 12.1 Å². The number of benzene rings is 1. The Balaban J connectivity index is 3.23. The van der Waals surface area contributed by atoms with Crippen LogP contribution in [0.2, 0.25) is 0 Å². The van der Waals surface area contributed by atoms with E-state index in [9.17, 15) is 4.79 Å². The Labute approximate surface area is 86.8 Å². The number of hydrogen-bond acceptors (Lipinski definition) is 3. The highest BCUT2D eigenvalue weighted by Gasteiger charge is 2.21. The number of ether oxygens (including phenoxy) is 1. The van der Waals surface area contributed by atoms with Crippen LogP contribution in [0.5, 0.6) is 5.75 Å². The number of halogens is 1. The van der Waals surface area contributed by atoms with Crippen molar-refractivity contribution in [2.24, 2.45) is 5.73 Å². The van der Waals surface area contributed by atoms with Gasteiger partial charge in [-0.25, -0.2) is 0 Å². The predicted octanol–water partition coefficient (Wildman–Crippen LogP) is 1.04. The number of carbonyl (C=O) groups is 1. The minimum Gasteiger partial charge on any atom is -0.496 e. The van der Waals surface area contributed by atoms with E-state index in [1.165, 1.54) is 7.11 Å². The van der Waals surface area contributed by atoms with Crippen molar-refractivity contribution in [3.05, 3.63) is 23.8 Å². The van der Waals surface area contributed by atoms with Gasteiger partial charge >= 0.3 is 0 Å². The highest BCUT2D eigenvalue weighted by molar-refractivity contribution is 6.31. The van der Waals surface area contributed by atoms with Crippen molar-refractivity contribution in [2.45, 2.75) is 5.38 Å². The molecule has 5 heteroatoms. The van der Waals surface area contributed by atoms with E-state index in [2.05, 4.69) is 0 Å². The van der Waals surface area contributed by atoms with Gasteiger partial charge in [0, 0.05) is 11.3 Å². The third-order valence-corrected chi connectivity index (χ3v) is 2.26. The highest BCUT2D eigenvalue weighted by Crippen LogP contribution is 2.33. The molecule has 0 aliphatic rings. The van der Waals surface area contributed by atoms with Gasteiger partial charge in [-0.15, -0.1) is 11.6 Å². The molecule has 0 heterocycles. The van der Waals surface area contributed by atoms with E-state index in [0.717, 1.165) is 0 Å². The maximum Gasteiger partial charge on any atom is 0.240 e. The van der Waals surface area contributed by atoms with Crippen molar-refractivity contribution in [2.75, 3.05) is 12.8 Å². The van der Waals surface area contributed by atoms with Crippen LogP contribution in [-0.2, 0) is 4.79 Å². The van der Waals surface area contributed by atoms with Crippen LogP contribution in [0.15, 0.2) is 18.2 Å². The zero-order chi connectivity index (χ0) is 10.7. The molecule has 4 N–H and O–H groups in total. The normalized spacial score (nSPS) is 12.1. The first kappa shape index (κ1) is 10.7. The summed E-state index contributed by atoms with van der Waals surface area (Å²) in [6, 6.07) is 5.02. The van der Waals surface area contributed by atoms with E-state index in [1.807, 2.05) is 0 Å². The largest absolute Gasteiger partial charge is 0.496 e. The molecule has 0 saturated heterocycles. The number of carbonyl (C=O) groups excluding carboxylic acids is 1. The van der Waals surface area contributed by atoms with Gasteiger partial charge in [0.1, 0.15) is 11.1 Å². The lowest BCUT2D eigenvalue weighted by molar-refractivity contribution is -0.117. The topological polar surface area (TPSA) is 78.3 Å². The molecule has 4 nitrogen and oxygen atoms in total. The molecule has 1 unspecified atom stereocenters. The lowest BCUT2D eigenvalue weighted by Crippen LogP contribution is -2.18. The molecule has 1 aromatic rings. The number of hydrogen-bond donors (Lipinski definition) is 2. The summed E-state index contributed by atoms with van der Waals surface area (Å²) in [7, 11) is 1.48. The third kappa shape index (κ3) is 1.90. The summed E-state index contributed by atoms with van der Waals surface area (Å²) in [5.74, 6) is -0.188. The fourth-order valence-electron chi connectivity index (χ4n) is 1.15. The molecule has 0 radical (unpaired) electrons. The maximum atomic E-state index is 10.9. The summed E-state index contributed by atoms with van der Waals surface area (Å²) >= 11 is 5.80. The molecule has 0 aromatic heterocycles. The van der Waals surface area contributed by atoms with Crippen molar-refractivity contribution >= 4 is 23.2 Å². The molecule has 0 fully saturated rings. The molecule has 0 saturated carbocycles. The molecular weight excluding hydrogens is 204 g/mol. The van der Waals surface area contributed by atoms with Crippen LogP contribution in [0.4, 0.5) is 5.69 Å². The lowest BCUT2D eigenvalue weighted by atomic mass is 10.1. The number of primary amides is 1. The third-order valence-electron chi connectivity index (χ3n) is 1.82. The van der Waals surface area contributed by atoms with Crippen molar-refractivity contribution in [3.8, 4) is 5.75 Å². The fourth-order valence-corrected chi connectivity index (χ4v) is 1.39. The Morgan fingerprint density at radius 3 is 2.71 bits per heavy atom. The van der Waals surface area contributed by atoms with Crippen LogP contribution < -0.4 is 16.2 Å². The monoisotopic (exact) mass is 214 g/mol. The molecule has 1 amide bonds. The Kier molecular flexibility index (Phi) is 3.19. The number of methoxy groups -OCH3 is 1. The van der Waals surface area contributed by atoms with Gasteiger partial charge in [-0.1, -0.05) is 6.07 Å². The zero-order valence-corrected chi connectivity index (χ0v) is 8.41. The summed E-state index contributed by atoms with van der Waals surface area (Å²) in [6.45, 7) is 0. The summed E-state index contributed by atoms with van der Waals surface area (Å²) in [5, 5.41) is -0.967. The molecule has 0 aliphatic carbocycles. The number of alkyl halides is 1. The van der Waals surface area contributed by atoms with Gasteiger partial charge in [0.25, 0.3) is 0 Å². The summed E-state index contributed by atoms with van der Waals surface area (Å²) < 4.78 is 5.03. The first-order valence-corrected chi connectivity index (χ1v) is 4.37. The first-order chi connectivity index (χ1) is 6.57. The van der Waals surface area contributed by atoms with Gasteiger partial charge in [0.15, 0.2) is 0 Å². The minimum atomic E-state index is -0.967. The summed E-state index contributed by atoms with van der Waals surface area (Å²) in [5.41, 5.74) is 11.6. The van der Waals surface area contributed by atoms with E-state index >= 15 is 0 Å². The molecule has 1 atom stereocenters. The minimum absolute atomic E-state index is 0.392. The number of rotatable bonds is 3. The van der Waals surface area contributed by atoms with Crippen LogP contribution >= 0.6 is 11.6 Å². The second-order valence-corrected chi connectivity index (χ2v) is 3.16. The van der Waals surface area contributed by atoms with Gasteiger partial charge < -0.3 is 16.2 Å². The van der Waals surface area contributed by atoms with E-state index in [1.54, 1.807) is 18.2 Å². The maximum absolute atomic E-state index is 10.9. The number of nitrogens with two attached hydrogens (primary N) is 2. The number of anilines is 1. The molecule has 0 aliphatic heterocycles. The molecular formula is C9H11ClN2O2. The van der Waals surface area contributed by atoms with Crippen molar-refractivity contribution < 1.29 is 9.53 Å². The molecule has 0 bridgehead atoms. The zero-order valence-electron chi connectivity index (χ0n) is 7.66. The van der Waals surface area contributed by atoms with Gasteiger partial charge in [-0.2, -0.15) is 0 Å². The average molecular weight is 215 g/mol. The molecule has 1 aromatic carbocycles. The Bertz CT molecular complexity index is 355. The number of amides is 1. The molecule has 1 rings (SSSR count). The van der Waals surface area contributed by atoms with E-state index < -0.39 is 11.3 Å². The van der Waals surface area contributed by atoms with Crippen LogP contribution in [0.1, 0.15) is 10.9 Å². The smallest absolute Gasteiger partial charge is 0.240 e. The van der Waals surface area contributed by atoms with Gasteiger partial charge in [0.05, 0.1) is 7.11 Å². The standard InChI is InChI=1S/C9H11ClN2O2/c1-14-6-4-2-3-5(11)7(6)8(10)9(12)13/h2-4,8H,11H2,1H3,(H2,12,13). The SMILES string of the molecule is COc1cccc(N)c1C(Cl)C(N)=O. The first-order valence-electron chi connectivity index (χ1n) is 3.93. The second kappa shape index (κ2) is 4.19. The Morgan fingerprint density at radius 2 is 2.21 bits per heavy atom. The Hall–Kier alpha value is -1.42. The van der Waals surface area contributed by atoms with E-state index in [-0.39, 0.29) is 0 Å². The van der Waals surface area contributed by atoms with E-state index in [0.29, 0.717) is 17.0 Å². The molecule has 14 heavy (non-hydrogen) atoms. The van der Waals surface area contributed by atoms with Crippen molar-refractivity contribution in [3.63, 3.8) is 0 Å². The van der Waals surface area contributed by atoms with Gasteiger partial charge in [-0.3, -0.25) is 4.79 Å². The quantitative estimate of drug-likeness (QED) is 0.583. The second-order valence-electron chi connectivity index (χ2n) is 2.73. The fraction of sp³-hybridized carbons (Fsp3) is 0.222. The predicted molar refractivity (Wildman–Crippen MR) is 55.2 cm³/mol. The van der Waals surface area contributed by atoms with Crippen molar-refractivity contribution in [1.82, 2.24) is 0 Å². The Morgan fingerprint density at radius 1 is 1.57 bits per heavy atom. The average Bonchev–Trinajstić information content (AvgIpc) is 2.16. The summed E-state index contributed by atoms with van der Waals surface area (Å²) in [6.07, 6.45) is 0. The van der Waals surface area contributed by atoms with E-state index in [4.69, 9.17) is 27.8 Å². The molecule has 76 valence electrons. The summed E-state index contributed by atoms with van der Waals surface area (Å²) in [4.78, 5) is 10.9. The van der Waals surface area contributed by atoms with Crippen LogP contribution in [0, 0.1) is 0 Å². The lowest BCUT2D eigenvalue weighted by Gasteiger charge is -2.13. The van der Waals surface area contributed by atoms with Crippen LogP contribution in [0.3, 0.4) is 0 Å². The number of nitrogen functional groups attached to an aromatic ring is 1. The van der Waals surface area contributed by atoms with Crippen LogP contribution in [0.25, 0.3) is 0 Å².